The van der Waals surface area contributed by atoms with E-state index in [1.54, 1.807) is 36.4 Å². The van der Waals surface area contributed by atoms with E-state index in [2.05, 4.69) is 12.1 Å². The van der Waals surface area contributed by atoms with E-state index in [0.717, 1.165) is 11.1 Å². The molecule has 3 atom stereocenters. The van der Waals surface area contributed by atoms with Gasteiger partial charge in [-0.15, -0.1) is 0 Å². The number of Topliss-reactive ketones (excluding diaryl/α,β-unsaturated/α-hetero) is 1. The van der Waals surface area contributed by atoms with Crippen molar-refractivity contribution in [2.24, 2.45) is 5.41 Å². The summed E-state index contributed by atoms with van der Waals surface area (Å²) in [6.45, 7) is 0. The minimum Gasteiger partial charge on any atom is -0.493 e. The van der Waals surface area contributed by atoms with Crippen LogP contribution in [0.5, 0.6) is 17.2 Å². The van der Waals surface area contributed by atoms with Gasteiger partial charge in [0.15, 0.2) is 22.7 Å². The van der Waals surface area contributed by atoms with Gasteiger partial charge in [0.25, 0.3) is 0 Å². The van der Waals surface area contributed by atoms with Crippen LogP contribution < -0.4 is 14.2 Å². The Bertz CT molecular complexity index is 1430. The van der Waals surface area contributed by atoms with E-state index in [0.29, 0.717) is 28.4 Å². The molecule has 37 heavy (non-hydrogen) atoms. The number of rotatable bonds is 6. The molecule has 1 fully saturated rings. The van der Waals surface area contributed by atoms with E-state index in [1.165, 1.54) is 21.3 Å². The topological polar surface area (TPSA) is 95.6 Å². The molecule has 0 radical (unpaired) electrons. The average Bonchev–Trinajstić information content (AvgIpc) is 3.27. The van der Waals surface area contributed by atoms with E-state index >= 15 is 0 Å². The lowest BCUT2D eigenvalue weighted by molar-refractivity contribution is 0.0874. The fraction of sp³-hybridized carbons (Fsp3) is 0.233. The molecule has 0 unspecified atom stereocenters. The van der Waals surface area contributed by atoms with Gasteiger partial charge in [0, 0.05) is 17.7 Å². The molecule has 3 aromatic carbocycles. The number of nitriles is 2. The van der Waals surface area contributed by atoms with Gasteiger partial charge >= 0.3 is 0 Å². The highest BCUT2D eigenvalue weighted by Gasteiger charge is 2.64. The van der Waals surface area contributed by atoms with Gasteiger partial charge in [-0.2, -0.15) is 10.5 Å². The number of carbonyl (C=O) groups is 1. The number of nitrogens with zero attached hydrogens (tertiary/aromatic N) is 3. The first-order valence-corrected chi connectivity index (χ1v) is 11.8. The number of ketones is 1. The molecule has 184 valence electrons. The van der Waals surface area contributed by atoms with Crippen LogP contribution in [-0.2, 0) is 0 Å². The van der Waals surface area contributed by atoms with Crippen molar-refractivity contribution in [2.75, 3.05) is 21.3 Å². The predicted octanol–water partition coefficient (Wildman–Crippen LogP) is 5.12. The molecule has 5 rings (SSSR count). The molecule has 0 aliphatic carbocycles. The smallest absolute Gasteiger partial charge is 0.203 e. The lowest BCUT2D eigenvalue weighted by atomic mass is 9.67. The van der Waals surface area contributed by atoms with Gasteiger partial charge in [-0.3, -0.25) is 4.79 Å². The first-order valence-electron chi connectivity index (χ1n) is 11.8. The molecule has 0 saturated carbocycles. The summed E-state index contributed by atoms with van der Waals surface area (Å²) >= 11 is 0. The third-order valence-electron chi connectivity index (χ3n) is 7.32. The average molecular weight is 492 g/mol. The van der Waals surface area contributed by atoms with Crippen LogP contribution in [0.4, 0.5) is 0 Å². The molecule has 2 aliphatic rings. The molecule has 0 bridgehead atoms. The monoisotopic (exact) mass is 491 g/mol. The minimum absolute atomic E-state index is 0.180. The zero-order valence-corrected chi connectivity index (χ0v) is 20.7. The summed E-state index contributed by atoms with van der Waals surface area (Å²) in [5, 5.41) is 21.4. The highest BCUT2D eigenvalue weighted by Crippen LogP contribution is 2.61. The van der Waals surface area contributed by atoms with E-state index < -0.39 is 23.4 Å². The third kappa shape index (κ3) is 3.51. The number of benzene rings is 3. The number of ether oxygens (including phenoxy) is 3. The lowest BCUT2D eigenvalue weighted by Gasteiger charge is -2.34. The van der Waals surface area contributed by atoms with Crippen LogP contribution in [0, 0.1) is 28.1 Å². The second-order valence-electron chi connectivity index (χ2n) is 9.00. The quantitative estimate of drug-likeness (QED) is 0.442. The second kappa shape index (κ2) is 9.37. The minimum atomic E-state index is -1.60. The Hall–Kier alpha value is -4.75. The first-order chi connectivity index (χ1) is 18.0. The van der Waals surface area contributed by atoms with E-state index in [1.807, 2.05) is 47.5 Å². The van der Waals surface area contributed by atoms with Crippen LogP contribution in [-0.4, -0.2) is 38.1 Å². The van der Waals surface area contributed by atoms with Crippen molar-refractivity contribution < 1.29 is 19.0 Å². The van der Waals surface area contributed by atoms with E-state index in [4.69, 9.17) is 14.2 Å². The van der Waals surface area contributed by atoms with Gasteiger partial charge in [0.05, 0.1) is 39.5 Å². The molecular formula is C30H25N3O4. The van der Waals surface area contributed by atoms with Crippen molar-refractivity contribution in [1.29, 1.82) is 10.5 Å². The Kier molecular flexibility index (Phi) is 6.07. The van der Waals surface area contributed by atoms with Crippen molar-refractivity contribution in [2.45, 2.75) is 18.0 Å². The molecule has 7 nitrogen and oxygen atoms in total. The number of methoxy groups -OCH3 is 3. The standard InChI is InChI=1S/C30H25N3O4/c1-35-23-15-21(16-24(36-2)28(23)37-3)25-26(27(34)20-10-5-4-6-11-20)33-14-13-19-9-7-8-12-22(19)29(33)30(25,17-31)18-32/h4-16,25-26,29H,1-3H3/t25-,26+,29-/m0/s1. The van der Waals surface area contributed by atoms with Gasteiger partial charge in [-0.05, 0) is 34.9 Å². The normalized spacial score (nSPS) is 20.7. The number of fused-ring (bicyclic) bond motifs is 3. The maximum absolute atomic E-state index is 14.2. The van der Waals surface area contributed by atoms with Gasteiger partial charge in [0.1, 0.15) is 6.04 Å². The van der Waals surface area contributed by atoms with Crippen molar-refractivity contribution in [3.8, 4) is 29.4 Å². The summed E-state index contributed by atoms with van der Waals surface area (Å²) in [6.07, 6.45) is 3.76. The summed E-state index contributed by atoms with van der Waals surface area (Å²) in [5.74, 6) is 0.146. The summed E-state index contributed by atoms with van der Waals surface area (Å²) in [7, 11) is 4.52. The van der Waals surface area contributed by atoms with E-state index in [9.17, 15) is 15.3 Å². The molecule has 1 saturated heterocycles. The molecule has 3 aromatic rings. The van der Waals surface area contributed by atoms with Crippen LogP contribution in [0.3, 0.4) is 0 Å². The lowest BCUT2D eigenvalue weighted by Crippen LogP contribution is -2.37. The fourth-order valence-corrected chi connectivity index (χ4v) is 5.72. The molecule has 2 aliphatic heterocycles. The summed E-state index contributed by atoms with van der Waals surface area (Å²) in [4.78, 5) is 16.0. The van der Waals surface area contributed by atoms with Crippen molar-refractivity contribution in [3.63, 3.8) is 0 Å². The van der Waals surface area contributed by atoms with Crippen LogP contribution in [0.1, 0.15) is 39.0 Å². The Morgan fingerprint density at radius 1 is 0.892 bits per heavy atom. The Morgan fingerprint density at radius 2 is 1.51 bits per heavy atom. The van der Waals surface area contributed by atoms with Gasteiger partial charge in [0.2, 0.25) is 5.75 Å². The van der Waals surface area contributed by atoms with Crippen LogP contribution in [0.25, 0.3) is 6.08 Å². The second-order valence-corrected chi connectivity index (χ2v) is 9.00. The largest absolute Gasteiger partial charge is 0.493 e. The molecule has 0 spiro atoms. The fourth-order valence-electron chi connectivity index (χ4n) is 5.72. The van der Waals surface area contributed by atoms with Crippen LogP contribution in [0.2, 0.25) is 0 Å². The Balaban J connectivity index is 1.81. The highest BCUT2D eigenvalue weighted by molar-refractivity contribution is 6.01. The van der Waals surface area contributed by atoms with Crippen LogP contribution in [0.15, 0.2) is 72.9 Å². The van der Waals surface area contributed by atoms with Gasteiger partial charge in [-0.25, -0.2) is 0 Å². The van der Waals surface area contributed by atoms with Crippen LogP contribution >= 0.6 is 0 Å². The number of hydrogen-bond acceptors (Lipinski definition) is 7. The number of hydrogen-bond donors (Lipinski definition) is 0. The molecule has 7 heteroatoms. The maximum atomic E-state index is 14.2. The molecule has 0 N–H and O–H groups in total. The van der Waals surface area contributed by atoms with Crippen molar-refractivity contribution in [1.82, 2.24) is 4.90 Å². The molecular weight excluding hydrogens is 466 g/mol. The number of carbonyl (C=O) groups excluding carboxylic acids is 1. The zero-order chi connectivity index (χ0) is 26.2. The zero-order valence-electron chi connectivity index (χ0n) is 20.7. The maximum Gasteiger partial charge on any atom is 0.203 e. The van der Waals surface area contributed by atoms with Crippen molar-refractivity contribution in [3.05, 3.63) is 95.2 Å². The summed E-state index contributed by atoms with van der Waals surface area (Å²) < 4.78 is 16.7. The van der Waals surface area contributed by atoms with Crippen molar-refractivity contribution >= 4 is 11.9 Å². The Labute approximate surface area is 215 Å². The molecule has 0 amide bonds. The highest BCUT2D eigenvalue weighted by atomic mass is 16.5. The predicted molar refractivity (Wildman–Crippen MR) is 137 cm³/mol. The first kappa shape index (κ1) is 24.0. The van der Waals surface area contributed by atoms with E-state index in [-0.39, 0.29) is 5.78 Å². The molecule has 0 aromatic heterocycles. The molecule has 2 heterocycles. The van der Waals surface area contributed by atoms with Gasteiger partial charge in [-0.1, -0.05) is 54.6 Å². The summed E-state index contributed by atoms with van der Waals surface area (Å²) in [6, 6.07) is 23.3. The SMILES string of the molecule is COc1cc([C@H]2[C@H](C(=O)c3ccccc3)N3C=Cc4ccccc4[C@H]3C2(C#N)C#N)cc(OC)c1OC. The third-order valence-corrected chi connectivity index (χ3v) is 7.32. The summed E-state index contributed by atoms with van der Waals surface area (Å²) in [5.41, 5.74) is 1.22. The van der Waals surface area contributed by atoms with Gasteiger partial charge < -0.3 is 19.1 Å². The Morgan fingerprint density at radius 3 is 2.11 bits per heavy atom.